The van der Waals surface area contributed by atoms with Crippen molar-refractivity contribution in [2.24, 2.45) is 11.8 Å². The van der Waals surface area contributed by atoms with Gasteiger partial charge in [-0.3, -0.25) is 19.3 Å². The van der Waals surface area contributed by atoms with Gasteiger partial charge in [-0.2, -0.15) is 0 Å². The van der Waals surface area contributed by atoms with Crippen LogP contribution in [0, 0.1) is 11.8 Å². The summed E-state index contributed by atoms with van der Waals surface area (Å²) in [6.45, 7) is 0.113. The monoisotopic (exact) mass is 368 g/mol. The Balaban J connectivity index is 1.58. The molecule has 0 radical (unpaired) electrons. The molecule has 2 atom stereocenters. The molecule has 0 aromatic heterocycles. The zero-order chi connectivity index (χ0) is 17.3. The molecule has 3 amide bonds. The van der Waals surface area contributed by atoms with Crippen molar-refractivity contribution < 1.29 is 14.4 Å². The third-order valence-electron chi connectivity index (χ3n) is 4.70. The van der Waals surface area contributed by atoms with E-state index in [0.29, 0.717) is 15.7 Å². The molecular formula is C17H18Cl2N2O3. The van der Waals surface area contributed by atoms with Crippen LogP contribution in [0.25, 0.3) is 0 Å². The third-order valence-corrected chi connectivity index (χ3v) is 5.25. The lowest BCUT2D eigenvalue weighted by atomic mass is 9.81. The standard InChI is InChI=1S/C17H18Cl2N2O3/c18-10-5-6-14(13(19)9-10)20-15(22)7-8-21-16(23)11-3-1-2-4-12(11)17(21)24/h5-6,9,11-12H,1-4,7-8H2,(H,20,22)/t11-,12+. The summed E-state index contributed by atoms with van der Waals surface area (Å²) in [6.07, 6.45) is 3.58. The van der Waals surface area contributed by atoms with Crippen LogP contribution in [0.3, 0.4) is 0 Å². The van der Waals surface area contributed by atoms with E-state index in [2.05, 4.69) is 5.32 Å². The second-order valence-electron chi connectivity index (χ2n) is 6.25. The van der Waals surface area contributed by atoms with Gasteiger partial charge in [-0.15, -0.1) is 0 Å². The van der Waals surface area contributed by atoms with Crippen LogP contribution in [0.4, 0.5) is 5.69 Å². The molecule has 1 aromatic carbocycles. The number of imide groups is 1. The summed E-state index contributed by atoms with van der Waals surface area (Å²) in [6, 6.07) is 4.78. The highest BCUT2D eigenvalue weighted by molar-refractivity contribution is 6.36. The number of nitrogens with one attached hydrogen (secondary N) is 1. The van der Waals surface area contributed by atoms with Gasteiger partial charge in [0.1, 0.15) is 0 Å². The van der Waals surface area contributed by atoms with E-state index in [1.54, 1.807) is 12.1 Å². The molecule has 1 heterocycles. The lowest BCUT2D eigenvalue weighted by Crippen LogP contribution is -2.34. The van der Waals surface area contributed by atoms with Crippen LogP contribution in [-0.4, -0.2) is 29.2 Å². The van der Waals surface area contributed by atoms with Crippen molar-refractivity contribution >= 4 is 46.6 Å². The van der Waals surface area contributed by atoms with Gasteiger partial charge in [-0.1, -0.05) is 36.0 Å². The van der Waals surface area contributed by atoms with E-state index in [-0.39, 0.29) is 42.5 Å². The van der Waals surface area contributed by atoms with Gasteiger partial charge < -0.3 is 5.32 Å². The molecule has 7 heteroatoms. The Kier molecular flexibility index (Phi) is 5.11. The van der Waals surface area contributed by atoms with Crippen molar-refractivity contribution in [2.45, 2.75) is 32.1 Å². The number of carbonyl (C=O) groups is 3. The highest BCUT2D eigenvalue weighted by Gasteiger charge is 2.47. The lowest BCUT2D eigenvalue weighted by molar-refractivity contribution is -0.140. The predicted molar refractivity (Wildman–Crippen MR) is 91.9 cm³/mol. The molecule has 1 aromatic rings. The molecule has 1 aliphatic heterocycles. The molecule has 3 rings (SSSR count). The average Bonchev–Trinajstić information content (AvgIpc) is 2.80. The van der Waals surface area contributed by atoms with E-state index < -0.39 is 0 Å². The smallest absolute Gasteiger partial charge is 0.233 e. The average molecular weight is 369 g/mol. The fourth-order valence-electron chi connectivity index (χ4n) is 3.47. The molecule has 128 valence electrons. The normalized spacial score (nSPS) is 23.3. The van der Waals surface area contributed by atoms with Crippen LogP contribution in [0.5, 0.6) is 0 Å². The second kappa shape index (κ2) is 7.11. The maximum Gasteiger partial charge on any atom is 0.233 e. The summed E-state index contributed by atoms with van der Waals surface area (Å²) in [5, 5.41) is 3.50. The third kappa shape index (κ3) is 3.42. The van der Waals surface area contributed by atoms with Gasteiger partial charge >= 0.3 is 0 Å². The van der Waals surface area contributed by atoms with Crippen molar-refractivity contribution in [1.82, 2.24) is 4.90 Å². The van der Waals surface area contributed by atoms with Crippen molar-refractivity contribution in [3.8, 4) is 0 Å². The molecule has 1 aliphatic carbocycles. The Morgan fingerprint density at radius 2 is 1.75 bits per heavy atom. The number of amides is 3. The molecule has 5 nitrogen and oxygen atoms in total. The van der Waals surface area contributed by atoms with E-state index in [9.17, 15) is 14.4 Å². The van der Waals surface area contributed by atoms with Crippen LogP contribution in [0.1, 0.15) is 32.1 Å². The van der Waals surface area contributed by atoms with Crippen molar-refractivity contribution in [3.63, 3.8) is 0 Å². The van der Waals surface area contributed by atoms with Gasteiger partial charge in [0.25, 0.3) is 0 Å². The number of hydrogen-bond donors (Lipinski definition) is 1. The second-order valence-corrected chi connectivity index (χ2v) is 7.09. The van der Waals surface area contributed by atoms with E-state index >= 15 is 0 Å². The van der Waals surface area contributed by atoms with Crippen molar-refractivity contribution in [3.05, 3.63) is 28.2 Å². The van der Waals surface area contributed by atoms with E-state index in [0.717, 1.165) is 25.7 Å². The van der Waals surface area contributed by atoms with E-state index in [4.69, 9.17) is 23.2 Å². The zero-order valence-corrected chi connectivity index (χ0v) is 14.6. The molecule has 2 aliphatic rings. The van der Waals surface area contributed by atoms with Crippen LogP contribution in [0.15, 0.2) is 18.2 Å². The summed E-state index contributed by atoms with van der Waals surface area (Å²) in [7, 11) is 0. The molecule has 0 spiro atoms. The van der Waals surface area contributed by atoms with Crippen LogP contribution in [-0.2, 0) is 14.4 Å². The highest BCUT2D eigenvalue weighted by Crippen LogP contribution is 2.38. The molecule has 2 fully saturated rings. The minimum atomic E-state index is -0.297. The fraction of sp³-hybridized carbons (Fsp3) is 0.471. The maximum absolute atomic E-state index is 12.4. The van der Waals surface area contributed by atoms with Gasteiger partial charge in [0.2, 0.25) is 17.7 Å². The van der Waals surface area contributed by atoms with Gasteiger partial charge in [-0.05, 0) is 31.0 Å². The molecule has 1 saturated heterocycles. The molecule has 1 N–H and O–H groups in total. The summed E-state index contributed by atoms with van der Waals surface area (Å²) in [5.41, 5.74) is 0.457. The van der Waals surface area contributed by atoms with Crippen LogP contribution < -0.4 is 5.32 Å². The molecule has 0 bridgehead atoms. The first-order valence-electron chi connectivity index (χ1n) is 8.07. The number of anilines is 1. The van der Waals surface area contributed by atoms with Gasteiger partial charge in [0, 0.05) is 18.0 Å². The minimum Gasteiger partial charge on any atom is -0.325 e. The first-order valence-corrected chi connectivity index (χ1v) is 8.83. The SMILES string of the molecule is O=C(CCN1C(=O)[C@H]2CCCC[C@H]2C1=O)Nc1ccc(Cl)cc1Cl. The van der Waals surface area contributed by atoms with E-state index in [1.165, 1.54) is 11.0 Å². The number of rotatable bonds is 4. The Labute approximate surface area is 150 Å². The Morgan fingerprint density at radius 1 is 1.12 bits per heavy atom. The Hall–Kier alpha value is -1.59. The number of likely N-dealkylation sites (tertiary alicyclic amines) is 1. The number of halogens is 2. The molecule has 24 heavy (non-hydrogen) atoms. The minimum absolute atomic E-state index is 0.0515. The van der Waals surface area contributed by atoms with Crippen molar-refractivity contribution in [1.29, 1.82) is 0 Å². The number of nitrogens with zero attached hydrogens (tertiary/aromatic N) is 1. The van der Waals surface area contributed by atoms with Gasteiger partial charge in [-0.25, -0.2) is 0 Å². The van der Waals surface area contributed by atoms with Crippen LogP contribution in [0.2, 0.25) is 10.0 Å². The van der Waals surface area contributed by atoms with Gasteiger partial charge in [0.05, 0.1) is 22.5 Å². The first-order chi connectivity index (χ1) is 11.5. The van der Waals surface area contributed by atoms with E-state index in [1.807, 2.05) is 0 Å². The summed E-state index contributed by atoms with van der Waals surface area (Å²) < 4.78 is 0. The molecule has 0 unspecified atom stereocenters. The maximum atomic E-state index is 12.4. The molecule has 1 saturated carbocycles. The number of hydrogen-bond acceptors (Lipinski definition) is 3. The predicted octanol–water partition coefficient (Wildman–Crippen LogP) is 3.50. The summed E-state index contributed by atoms with van der Waals surface area (Å²) in [5.74, 6) is -0.904. The van der Waals surface area contributed by atoms with Crippen LogP contribution >= 0.6 is 23.2 Å². The topological polar surface area (TPSA) is 66.5 Å². The van der Waals surface area contributed by atoms with Crippen molar-refractivity contribution in [2.75, 3.05) is 11.9 Å². The quantitative estimate of drug-likeness (QED) is 0.827. The Bertz CT molecular complexity index is 668. The fourth-order valence-corrected chi connectivity index (χ4v) is 3.92. The summed E-state index contributed by atoms with van der Waals surface area (Å²) >= 11 is 11.8. The summed E-state index contributed by atoms with van der Waals surface area (Å²) in [4.78, 5) is 38.0. The molecular weight excluding hydrogens is 351 g/mol. The lowest BCUT2D eigenvalue weighted by Gasteiger charge is -2.19. The first kappa shape index (κ1) is 17.2. The Morgan fingerprint density at radius 3 is 2.33 bits per heavy atom. The number of benzene rings is 1. The zero-order valence-electron chi connectivity index (χ0n) is 13.1. The number of carbonyl (C=O) groups excluding carboxylic acids is 3. The highest BCUT2D eigenvalue weighted by atomic mass is 35.5. The number of fused-ring (bicyclic) bond motifs is 1. The largest absolute Gasteiger partial charge is 0.325 e. The van der Waals surface area contributed by atoms with Gasteiger partial charge in [0.15, 0.2) is 0 Å².